The topological polar surface area (TPSA) is 52.3 Å². The highest BCUT2D eigenvalue weighted by atomic mass is 19.4. The van der Waals surface area contributed by atoms with Gasteiger partial charge >= 0.3 is 6.36 Å². The van der Waals surface area contributed by atoms with Crippen LogP contribution >= 0.6 is 0 Å². The summed E-state index contributed by atoms with van der Waals surface area (Å²) in [6.45, 7) is 1.94. The Labute approximate surface area is 123 Å². The molecule has 0 spiro atoms. The van der Waals surface area contributed by atoms with Crippen LogP contribution in [0.4, 0.5) is 13.2 Å². The number of aromatic nitrogens is 4. The monoisotopic (exact) mass is 308 g/mol. The molecule has 0 aliphatic rings. The van der Waals surface area contributed by atoms with Gasteiger partial charge < -0.3 is 4.74 Å². The van der Waals surface area contributed by atoms with Crippen LogP contribution < -0.4 is 4.74 Å². The molecule has 0 aliphatic carbocycles. The number of rotatable bonds is 3. The molecule has 0 fully saturated rings. The third kappa shape index (κ3) is 2.85. The van der Waals surface area contributed by atoms with E-state index < -0.39 is 6.36 Å². The molecule has 114 valence electrons. The maximum Gasteiger partial charge on any atom is 0.573 e. The summed E-state index contributed by atoms with van der Waals surface area (Å²) in [6.07, 6.45) is -4.02. The van der Waals surface area contributed by atoms with E-state index in [1.807, 2.05) is 6.92 Å². The summed E-state index contributed by atoms with van der Waals surface area (Å²) in [6, 6.07) is 9.04. The first-order valence-corrected chi connectivity index (χ1v) is 6.54. The molecule has 3 aromatic rings. The lowest BCUT2D eigenvalue weighted by atomic mass is 10.1. The lowest BCUT2D eigenvalue weighted by Gasteiger charge is -2.09. The number of halogens is 3. The number of hydrogen-bond donors (Lipinski definition) is 0. The summed E-state index contributed by atoms with van der Waals surface area (Å²) < 4.78 is 41.9. The van der Waals surface area contributed by atoms with Gasteiger partial charge in [-0.1, -0.05) is 6.92 Å². The zero-order chi connectivity index (χ0) is 15.7. The normalized spacial score (nSPS) is 11.8. The molecule has 0 amide bonds. The summed E-state index contributed by atoms with van der Waals surface area (Å²) in [5.41, 5.74) is 1.91. The van der Waals surface area contributed by atoms with Crippen molar-refractivity contribution in [2.45, 2.75) is 19.7 Å². The highest BCUT2D eigenvalue weighted by Crippen LogP contribution is 2.25. The van der Waals surface area contributed by atoms with Gasteiger partial charge in [-0.15, -0.1) is 23.4 Å². The van der Waals surface area contributed by atoms with Crippen LogP contribution in [0, 0.1) is 0 Å². The smallest absolute Gasteiger partial charge is 0.406 e. The predicted octanol–water partition coefficient (Wildman–Crippen LogP) is 3.25. The minimum absolute atomic E-state index is 0.268. The SMILES string of the molecule is CCc1nnc2ccc(-c3ccc(OC(F)(F)F)cc3)nn12. The van der Waals surface area contributed by atoms with Crippen LogP contribution in [0.15, 0.2) is 36.4 Å². The first-order valence-electron chi connectivity index (χ1n) is 6.54. The number of nitrogens with zero attached hydrogens (tertiary/aromatic N) is 4. The average Bonchev–Trinajstić information content (AvgIpc) is 2.88. The van der Waals surface area contributed by atoms with E-state index in [1.165, 1.54) is 24.3 Å². The maximum atomic E-state index is 12.1. The second-order valence-corrected chi connectivity index (χ2v) is 4.53. The van der Waals surface area contributed by atoms with Crippen LogP contribution in [0.5, 0.6) is 5.75 Å². The van der Waals surface area contributed by atoms with Gasteiger partial charge in [0.05, 0.1) is 5.69 Å². The summed E-state index contributed by atoms with van der Waals surface area (Å²) in [7, 11) is 0. The summed E-state index contributed by atoms with van der Waals surface area (Å²) >= 11 is 0. The first kappa shape index (κ1) is 14.3. The Bertz CT molecular complexity index is 796. The van der Waals surface area contributed by atoms with Gasteiger partial charge in [-0.2, -0.15) is 9.61 Å². The van der Waals surface area contributed by atoms with E-state index in [2.05, 4.69) is 20.0 Å². The molecule has 0 radical (unpaired) electrons. The van der Waals surface area contributed by atoms with Crippen LogP contribution in [0.1, 0.15) is 12.7 Å². The molecule has 0 atom stereocenters. The van der Waals surface area contributed by atoms with Crippen LogP contribution in [-0.2, 0) is 6.42 Å². The van der Waals surface area contributed by atoms with Gasteiger partial charge in [0.2, 0.25) is 0 Å². The molecule has 0 unspecified atom stereocenters. The van der Waals surface area contributed by atoms with Crippen molar-refractivity contribution in [2.24, 2.45) is 0 Å². The van der Waals surface area contributed by atoms with E-state index in [0.717, 1.165) is 0 Å². The van der Waals surface area contributed by atoms with Crippen molar-refractivity contribution in [2.75, 3.05) is 0 Å². The van der Waals surface area contributed by atoms with Gasteiger partial charge in [-0.05, 0) is 36.4 Å². The number of ether oxygens (including phenoxy) is 1. The van der Waals surface area contributed by atoms with Crippen LogP contribution in [-0.4, -0.2) is 26.2 Å². The molecule has 0 saturated heterocycles. The summed E-state index contributed by atoms with van der Waals surface area (Å²) in [5.74, 6) is 0.449. The molecular formula is C14H11F3N4O. The lowest BCUT2D eigenvalue weighted by Crippen LogP contribution is -2.16. The summed E-state index contributed by atoms with van der Waals surface area (Å²) in [4.78, 5) is 0. The molecule has 0 N–H and O–H groups in total. The Balaban J connectivity index is 1.93. The Morgan fingerprint density at radius 1 is 1.05 bits per heavy atom. The molecule has 5 nitrogen and oxygen atoms in total. The van der Waals surface area contributed by atoms with Crippen molar-refractivity contribution in [3.8, 4) is 17.0 Å². The van der Waals surface area contributed by atoms with E-state index in [0.29, 0.717) is 29.1 Å². The predicted molar refractivity (Wildman–Crippen MR) is 72.3 cm³/mol. The average molecular weight is 308 g/mol. The molecule has 2 heterocycles. The minimum atomic E-state index is -4.70. The van der Waals surface area contributed by atoms with E-state index in [-0.39, 0.29) is 5.75 Å². The van der Waals surface area contributed by atoms with E-state index in [9.17, 15) is 13.2 Å². The zero-order valence-electron chi connectivity index (χ0n) is 11.5. The molecule has 0 aliphatic heterocycles. The highest BCUT2D eigenvalue weighted by molar-refractivity contribution is 5.61. The number of benzene rings is 1. The molecule has 8 heteroatoms. The number of fused-ring (bicyclic) bond motifs is 1. The third-order valence-corrected chi connectivity index (χ3v) is 3.03. The second kappa shape index (κ2) is 5.28. The number of aryl methyl sites for hydroxylation is 1. The molecule has 2 aromatic heterocycles. The lowest BCUT2D eigenvalue weighted by molar-refractivity contribution is -0.274. The fourth-order valence-corrected chi connectivity index (χ4v) is 2.04. The Morgan fingerprint density at radius 2 is 1.77 bits per heavy atom. The van der Waals surface area contributed by atoms with E-state index >= 15 is 0 Å². The molecular weight excluding hydrogens is 297 g/mol. The largest absolute Gasteiger partial charge is 0.573 e. The van der Waals surface area contributed by atoms with Gasteiger partial charge in [0.15, 0.2) is 11.5 Å². The van der Waals surface area contributed by atoms with Gasteiger partial charge in [-0.3, -0.25) is 0 Å². The van der Waals surface area contributed by atoms with Gasteiger partial charge in [-0.25, -0.2) is 0 Å². The third-order valence-electron chi connectivity index (χ3n) is 3.03. The minimum Gasteiger partial charge on any atom is -0.406 e. The van der Waals surface area contributed by atoms with Crippen molar-refractivity contribution in [1.82, 2.24) is 19.8 Å². The van der Waals surface area contributed by atoms with Crippen molar-refractivity contribution in [3.63, 3.8) is 0 Å². The second-order valence-electron chi connectivity index (χ2n) is 4.53. The standard InChI is InChI=1S/C14H11F3N4O/c1-2-12-18-19-13-8-7-11(20-21(12)13)9-3-5-10(6-4-9)22-14(15,16)17/h3-8H,2H2,1H3. The Kier molecular flexibility index (Phi) is 3.44. The number of hydrogen-bond acceptors (Lipinski definition) is 4. The maximum absolute atomic E-state index is 12.1. The van der Waals surface area contributed by atoms with Crippen molar-refractivity contribution in [1.29, 1.82) is 0 Å². The quantitative estimate of drug-likeness (QED) is 0.745. The van der Waals surface area contributed by atoms with Gasteiger partial charge in [0, 0.05) is 12.0 Å². The molecule has 1 aromatic carbocycles. The van der Waals surface area contributed by atoms with Gasteiger partial charge in [0.1, 0.15) is 5.75 Å². The fourth-order valence-electron chi connectivity index (χ4n) is 2.04. The van der Waals surface area contributed by atoms with Crippen LogP contribution in [0.3, 0.4) is 0 Å². The zero-order valence-corrected chi connectivity index (χ0v) is 11.5. The molecule has 0 bridgehead atoms. The molecule has 22 heavy (non-hydrogen) atoms. The van der Waals surface area contributed by atoms with Crippen molar-refractivity contribution >= 4 is 5.65 Å². The van der Waals surface area contributed by atoms with E-state index in [1.54, 1.807) is 16.6 Å². The van der Waals surface area contributed by atoms with Crippen molar-refractivity contribution in [3.05, 3.63) is 42.2 Å². The van der Waals surface area contributed by atoms with Crippen LogP contribution in [0.25, 0.3) is 16.9 Å². The summed E-state index contributed by atoms with van der Waals surface area (Å²) in [5, 5.41) is 12.4. The first-order chi connectivity index (χ1) is 10.5. The highest BCUT2D eigenvalue weighted by Gasteiger charge is 2.30. The van der Waals surface area contributed by atoms with Gasteiger partial charge in [0.25, 0.3) is 0 Å². The fraction of sp³-hybridized carbons (Fsp3) is 0.214. The number of alkyl halides is 3. The van der Waals surface area contributed by atoms with Crippen LogP contribution in [0.2, 0.25) is 0 Å². The Hall–Kier alpha value is -2.64. The van der Waals surface area contributed by atoms with Crippen molar-refractivity contribution < 1.29 is 17.9 Å². The molecule has 0 saturated carbocycles. The Morgan fingerprint density at radius 3 is 2.41 bits per heavy atom. The van der Waals surface area contributed by atoms with E-state index in [4.69, 9.17) is 0 Å². The molecule has 3 rings (SSSR count).